The number of piperazine rings is 1. The fourth-order valence-electron chi connectivity index (χ4n) is 5.04. The summed E-state index contributed by atoms with van der Waals surface area (Å²) in [5.74, 6) is -0.834. The van der Waals surface area contributed by atoms with Crippen molar-refractivity contribution in [2.45, 2.75) is 20.3 Å². The van der Waals surface area contributed by atoms with Crippen molar-refractivity contribution in [2.75, 3.05) is 64.1 Å². The number of hydrogen-bond acceptors (Lipinski definition) is 10. The molecule has 46 heavy (non-hydrogen) atoms. The lowest BCUT2D eigenvalue weighted by Gasteiger charge is -2.32. The van der Waals surface area contributed by atoms with Gasteiger partial charge in [-0.1, -0.05) is 36.4 Å². The Kier molecular flexibility index (Phi) is 11.0. The number of aromatic nitrogens is 2. The monoisotopic (exact) mass is 630 g/mol. The molecule has 4 aromatic rings. The van der Waals surface area contributed by atoms with Crippen LogP contribution in [0.5, 0.6) is 23.3 Å². The Hall–Kier alpha value is -4.78. The zero-order valence-corrected chi connectivity index (χ0v) is 26.5. The van der Waals surface area contributed by atoms with Gasteiger partial charge in [0.15, 0.2) is 17.1 Å². The van der Waals surface area contributed by atoms with Gasteiger partial charge in [0.05, 0.1) is 13.7 Å². The Morgan fingerprint density at radius 1 is 0.935 bits per heavy atom. The third-order valence-electron chi connectivity index (χ3n) is 7.57. The number of benzene rings is 3. The van der Waals surface area contributed by atoms with E-state index >= 15 is 4.39 Å². The third-order valence-corrected chi connectivity index (χ3v) is 7.57. The molecule has 2 N–H and O–H groups in total. The number of para-hydroxylation sites is 2. The van der Waals surface area contributed by atoms with Gasteiger partial charge in [0.1, 0.15) is 5.75 Å². The quantitative estimate of drug-likeness (QED) is 0.104. The standard InChI is InChI=1S/C34H39FN6O5/c1-23-10-8-11-24(2)30(23)37-31(42)29-32(45-26-12-6-5-7-13-26)38-34(39-33(29)46-43-4)36-25-14-15-28(27(35)22-25)44-21-9-16-41-19-17-40(3)18-20-41/h5-8,10-15,22H,9,16-21H2,1-4H3,(H,37,42)(H,36,38,39). The van der Waals surface area contributed by atoms with Crippen molar-refractivity contribution in [1.29, 1.82) is 0 Å². The summed E-state index contributed by atoms with van der Waals surface area (Å²) in [6.45, 7) is 9.26. The van der Waals surface area contributed by atoms with Crippen molar-refractivity contribution in [2.24, 2.45) is 0 Å². The van der Waals surface area contributed by atoms with E-state index in [9.17, 15) is 4.79 Å². The predicted octanol–water partition coefficient (Wildman–Crippen LogP) is 5.98. The van der Waals surface area contributed by atoms with E-state index in [0.29, 0.717) is 23.7 Å². The molecule has 242 valence electrons. The zero-order chi connectivity index (χ0) is 32.5. The number of halogens is 1. The van der Waals surface area contributed by atoms with Crippen molar-refractivity contribution >= 4 is 23.2 Å². The van der Waals surface area contributed by atoms with Gasteiger partial charge in [-0.15, -0.1) is 0 Å². The van der Waals surface area contributed by atoms with Gasteiger partial charge in [-0.3, -0.25) is 4.79 Å². The SMILES string of the molecule is COOc1nc(Nc2ccc(OCCCN3CCN(C)CC3)c(F)c2)nc(Oc2ccccc2)c1C(=O)Nc1c(C)cccc1C. The number of ether oxygens (including phenoxy) is 2. The van der Waals surface area contributed by atoms with Gasteiger partial charge in [-0.2, -0.15) is 14.9 Å². The molecular weight excluding hydrogens is 591 g/mol. The molecule has 0 aliphatic carbocycles. The molecule has 1 saturated heterocycles. The van der Waals surface area contributed by atoms with Crippen LogP contribution < -0.4 is 25.0 Å². The summed E-state index contributed by atoms with van der Waals surface area (Å²) in [7, 11) is 3.42. The Morgan fingerprint density at radius 3 is 2.35 bits per heavy atom. The van der Waals surface area contributed by atoms with Crippen molar-refractivity contribution < 1.29 is 28.4 Å². The van der Waals surface area contributed by atoms with Crippen LogP contribution in [0.3, 0.4) is 0 Å². The molecule has 0 bridgehead atoms. The Labute approximate surface area is 268 Å². The van der Waals surface area contributed by atoms with E-state index in [0.717, 1.165) is 50.3 Å². The number of anilines is 3. The molecule has 1 fully saturated rings. The second-order valence-electron chi connectivity index (χ2n) is 11.0. The molecular formula is C34H39FN6O5. The molecule has 0 atom stereocenters. The Balaban J connectivity index is 1.35. The summed E-state index contributed by atoms with van der Waals surface area (Å²) in [6.07, 6.45) is 0.798. The molecule has 1 aliphatic rings. The van der Waals surface area contributed by atoms with Crippen molar-refractivity contribution in [3.05, 3.63) is 89.2 Å². The normalized spacial score (nSPS) is 13.7. The highest BCUT2D eigenvalue weighted by Gasteiger charge is 2.27. The summed E-state index contributed by atoms with van der Waals surface area (Å²) in [5, 5.41) is 5.89. The maximum Gasteiger partial charge on any atom is 0.277 e. The molecule has 0 unspecified atom stereocenters. The smallest absolute Gasteiger partial charge is 0.277 e. The van der Waals surface area contributed by atoms with Gasteiger partial charge in [-0.05, 0) is 62.7 Å². The number of hydrogen-bond donors (Lipinski definition) is 2. The summed E-state index contributed by atoms with van der Waals surface area (Å²) in [5.41, 5.74) is 2.64. The van der Waals surface area contributed by atoms with E-state index in [-0.39, 0.29) is 29.0 Å². The lowest BCUT2D eigenvalue weighted by molar-refractivity contribution is -0.181. The molecule has 11 nitrogen and oxygen atoms in total. The summed E-state index contributed by atoms with van der Waals surface area (Å²) in [4.78, 5) is 37.5. The average molecular weight is 631 g/mol. The maximum atomic E-state index is 15.0. The lowest BCUT2D eigenvalue weighted by Crippen LogP contribution is -2.44. The first kappa shape index (κ1) is 32.6. The van der Waals surface area contributed by atoms with Crippen molar-refractivity contribution in [1.82, 2.24) is 19.8 Å². The Morgan fingerprint density at radius 2 is 1.65 bits per heavy atom. The molecule has 1 aliphatic heterocycles. The number of rotatable bonds is 13. The number of nitrogens with zero attached hydrogens (tertiary/aromatic N) is 4. The van der Waals surface area contributed by atoms with Gasteiger partial charge < -0.3 is 34.8 Å². The van der Waals surface area contributed by atoms with Gasteiger partial charge in [0.25, 0.3) is 11.8 Å². The Bertz CT molecular complexity index is 1610. The van der Waals surface area contributed by atoms with Crippen LogP contribution in [0.15, 0.2) is 66.7 Å². The second-order valence-corrected chi connectivity index (χ2v) is 11.0. The molecule has 0 spiro atoms. The zero-order valence-electron chi connectivity index (χ0n) is 26.5. The first-order valence-corrected chi connectivity index (χ1v) is 15.1. The number of carbonyl (C=O) groups excluding carboxylic acids is 1. The van der Waals surface area contributed by atoms with Crippen molar-refractivity contribution in [3.8, 4) is 23.3 Å². The van der Waals surface area contributed by atoms with E-state index in [1.54, 1.807) is 36.4 Å². The summed E-state index contributed by atoms with van der Waals surface area (Å²) in [6, 6.07) is 19.0. The number of likely N-dealkylation sites (N-methyl/N-ethyl adjacent to an activating group) is 1. The molecule has 3 aromatic carbocycles. The fourth-order valence-corrected chi connectivity index (χ4v) is 5.04. The lowest BCUT2D eigenvalue weighted by atomic mass is 10.1. The first-order valence-electron chi connectivity index (χ1n) is 15.1. The minimum Gasteiger partial charge on any atom is -0.490 e. The maximum absolute atomic E-state index is 15.0. The number of aryl methyl sites for hydroxylation is 2. The van der Waals surface area contributed by atoms with Crippen LogP contribution in [0.4, 0.5) is 21.7 Å². The molecule has 0 saturated carbocycles. The number of amides is 1. The van der Waals surface area contributed by atoms with E-state index in [1.165, 1.54) is 13.2 Å². The fraction of sp³-hybridized carbons (Fsp3) is 0.324. The van der Waals surface area contributed by atoms with E-state index in [2.05, 4.69) is 37.4 Å². The van der Waals surface area contributed by atoms with E-state index in [4.69, 9.17) is 19.2 Å². The summed E-state index contributed by atoms with van der Waals surface area (Å²) >= 11 is 0. The average Bonchev–Trinajstić information content (AvgIpc) is 3.03. The minimum atomic E-state index is -0.567. The van der Waals surface area contributed by atoms with Crippen molar-refractivity contribution in [3.63, 3.8) is 0 Å². The molecule has 1 aromatic heterocycles. The van der Waals surface area contributed by atoms with Crippen LogP contribution in [0.1, 0.15) is 27.9 Å². The highest BCUT2D eigenvalue weighted by Crippen LogP contribution is 2.33. The van der Waals surface area contributed by atoms with Gasteiger partial charge in [0.2, 0.25) is 11.8 Å². The molecule has 1 amide bonds. The van der Waals surface area contributed by atoms with Crippen LogP contribution in [0.2, 0.25) is 0 Å². The van der Waals surface area contributed by atoms with Crippen LogP contribution in [-0.2, 0) is 4.89 Å². The van der Waals surface area contributed by atoms with E-state index < -0.39 is 11.7 Å². The highest BCUT2D eigenvalue weighted by molar-refractivity contribution is 6.08. The molecule has 12 heteroatoms. The van der Waals surface area contributed by atoms with Gasteiger partial charge in [-0.25, -0.2) is 4.39 Å². The van der Waals surface area contributed by atoms with Crippen LogP contribution in [0.25, 0.3) is 0 Å². The first-order chi connectivity index (χ1) is 22.3. The van der Waals surface area contributed by atoms with Crippen LogP contribution in [0, 0.1) is 19.7 Å². The molecule has 5 rings (SSSR count). The second kappa shape index (κ2) is 15.5. The van der Waals surface area contributed by atoms with Gasteiger partial charge in [0, 0.05) is 50.2 Å². The molecule has 2 heterocycles. The van der Waals surface area contributed by atoms with E-state index in [1.807, 2.05) is 38.1 Å². The highest BCUT2D eigenvalue weighted by atomic mass is 19.1. The van der Waals surface area contributed by atoms with Gasteiger partial charge >= 0.3 is 0 Å². The predicted molar refractivity (Wildman–Crippen MR) is 174 cm³/mol. The number of nitrogens with one attached hydrogen (secondary N) is 2. The topological polar surface area (TPSA) is 110 Å². The summed E-state index contributed by atoms with van der Waals surface area (Å²) < 4.78 is 26.8. The largest absolute Gasteiger partial charge is 0.490 e. The third kappa shape index (κ3) is 8.47. The minimum absolute atomic E-state index is 0.0122. The number of carbonyl (C=O) groups is 1. The van der Waals surface area contributed by atoms with Crippen LogP contribution >= 0.6 is 0 Å². The molecule has 0 radical (unpaired) electrons. The van der Waals surface area contributed by atoms with Crippen LogP contribution in [-0.4, -0.2) is 79.2 Å².